The molecule has 1 amide bonds. The van der Waals surface area contributed by atoms with Crippen LogP contribution in [0, 0.1) is 5.82 Å². The van der Waals surface area contributed by atoms with Crippen LogP contribution in [-0.2, 0) is 11.2 Å². The summed E-state index contributed by atoms with van der Waals surface area (Å²) in [7, 11) is 3.05. The number of anilines is 1. The third-order valence-electron chi connectivity index (χ3n) is 4.64. The van der Waals surface area contributed by atoms with E-state index < -0.39 is 0 Å². The minimum atomic E-state index is -0.388. The Morgan fingerprint density at radius 1 is 1.16 bits per heavy atom. The molecule has 0 aliphatic heterocycles. The Bertz CT molecular complexity index is 1270. The van der Waals surface area contributed by atoms with E-state index in [-0.39, 0.29) is 24.2 Å². The topological polar surface area (TPSA) is 82.6 Å². The fraction of sp³-hybridized carbons (Fsp3) is 0.227. The third kappa shape index (κ3) is 4.09. The quantitative estimate of drug-likeness (QED) is 0.452. The van der Waals surface area contributed by atoms with Gasteiger partial charge in [0.05, 0.1) is 30.8 Å². The first kappa shape index (κ1) is 20.8. The number of carbonyl (C=O) groups excluding carboxylic acids is 1. The molecular weight excluding hydrogens is 421 g/mol. The maximum atomic E-state index is 14.4. The van der Waals surface area contributed by atoms with Gasteiger partial charge in [0, 0.05) is 17.2 Å². The van der Waals surface area contributed by atoms with Gasteiger partial charge >= 0.3 is 0 Å². The summed E-state index contributed by atoms with van der Waals surface area (Å²) in [5.41, 5.74) is 0.986. The molecule has 1 N–H and O–H groups in total. The second-order valence-electron chi connectivity index (χ2n) is 6.59. The normalized spacial score (nSPS) is 11.0. The molecule has 9 heteroatoms. The lowest BCUT2D eigenvalue weighted by atomic mass is 10.2. The van der Waals surface area contributed by atoms with E-state index in [9.17, 15) is 9.18 Å². The molecular formula is C22H20FN3O4S. The lowest BCUT2D eigenvalue weighted by Gasteiger charge is -2.12. The molecule has 0 spiro atoms. The summed E-state index contributed by atoms with van der Waals surface area (Å²) in [6, 6.07) is 9.94. The minimum Gasteiger partial charge on any atom is -0.497 e. The molecule has 2 heterocycles. The van der Waals surface area contributed by atoms with Crippen molar-refractivity contribution in [1.29, 1.82) is 0 Å². The number of methoxy groups -OCH3 is 2. The van der Waals surface area contributed by atoms with Gasteiger partial charge in [-0.2, -0.15) is 4.98 Å². The van der Waals surface area contributed by atoms with E-state index in [2.05, 4.69) is 15.3 Å². The number of nitrogens with one attached hydrogen (secondary N) is 1. The standard InChI is InChI=1S/C22H20FN3O4S/c1-4-17-25-20-19-13(23)6-5-7-16(19)31-21(20)22(26-17)30-11-18(27)24-14-9-8-12(28-2)10-15(14)29-3/h5-10H,4,11H2,1-3H3,(H,24,27). The van der Waals surface area contributed by atoms with Crippen molar-refractivity contribution in [3.63, 3.8) is 0 Å². The first-order valence-corrected chi connectivity index (χ1v) is 10.4. The summed E-state index contributed by atoms with van der Waals surface area (Å²) < 4.78 is 32.0. The lowest BCUT2D eigenvalue weighted by Crippen LogP contribution is -2.21. The van der Waals surface area contributed by atoms with E-state index >= 15 is 0 Å². The second kappa shape index (κ2) is 8.73. The number of aromatic nitrogens is 2. The fourth-order valence-corrected chi connectivity index (χ4v) is 4.24. The molecule has 0 fully saturated rings. The van der Waals surface area contributed by atoms with E-state index in [1.165, 1.54) is 24.5 Å². The predicted molar refractivity (Wildman–Crippen MR) is 118 cm³/mol. The first-order valence-electron chi connectivity index (χ1n) is 9.56. The molecule has 4 aromatic rings. The van der Waals surface area contributed by atoms with Gasteiger partial charge < -0.3 is 19.5 Å². The van der Waals surface area contributed by atoms with Gasteiger partial charge in [-0.3, -0.25) is 4.79 Å². The van der Waals surface area contributed by atoms with Gasteiger partial charge in [-0.1, -0.05) is 13.0 Å². The van der Waals surface area contributed by atoms with Crippen LogP contribution in [0.1, 0.15) is 12.7 Å². The van der Waals surface area contributed by atoms with Crippen molar-refractivity contribution >= 4 is 43.2 Å². The van der Waals surface area contributed by atoms with Gasteiger partial charge in [0.15, 0.2) is 6.61 Å². The minimum absolute atomic E-state index is 0.263. The van der Waals surface area contributed by atoms with E-state index in [1.54, 1.807) is 31.4 Å². The summed E-state index contributed by atoms with van der Waals surface area (Å²) in [4.78, 5) is 21.4. The number of carbonyl (C=O) groups is 1. The number of hydrogen-bond acceptors (Lipinski definition) is 7. The highest BCUT2D eigenvalue weighted by atomic mass is 32.1. The van der Waals surface area contributed by atoms with Crippen molar-refractivity contribution < 1.29 is 23.4 Å². The number of fused-ring (bicyclic) bond motifs is 3. The van der Waals surface area contributed by atoms with Crippen LogP contribution in [0.2, 0.25) is 0 Å². The molecule has 2 aromatic carbocycles. The van der Waals surface area contributed by atoms with Gasteiger partial charge in [0.25, 0.3) is 5.91 Å². The Kier molecular flexibility index (Phi) is 5.85. The summed E-state index contributed by atoms with van der Waals surface area (Å²) >= 11 is 1.33. The number of thiophene rings is 1. The summed E-state index contributed by atoms with van der Waals surface area (Å²) in [5.74, 6) is 1.12. The van der Waals surface area contributed by atoms with Crippen molar-refractivity contribution in [3.05, 3.63) is 48.0 Å². The van der Waals surface area contributed by atoms with Crippen molar-refractivity contribution in [2.75, 3.05) is 26.1 Å². The average Bonchev–Trinajstić information content (AvgIpc) is 3.17. The molecule has 31 heavy (non-hydrogen) atoms. The monoisotopic (exact) mass is 441 g/mol. The lowest BCUT2D eigenvalue weighted by molar-refractivity contribution is -0.118. The zero-order chi connectivity index (χ0) is 22.0. The number of aryl methyl sites for hydroxylation is 1. The van der Waals surface area contributed by atoms with Crippen molar-refractivity contribution in [1.82, 2.24) is 9.97 Å². The number of benzene rings is 2. The van der Waals surface area contributed by atoms with Gasteiger partial charge in [-0.15, -0.1) is 11.3 Å². The summed E-state index contributed by atoms with van der Waals surface area (Å²) in [5, 5.41) is 3.19. The molecule has 0 unspecified atom stereocenters. The Morgan fingerprint density at radius 2 is 2.00 bits per heavy atom. The number of hydrogen-bond donors (Lipinski definition) is 1. The van der Waals surface area contributed by atoms with Gasteiger partial charge in [-0.25, -0.2) is 9.37 Å². The first-order chi connectivity index (χ1) is 15.0. The Labute approximate surface area is 181 Å². The van der Waals surface area contributed by atoms with Gasteiger partial charge in [-0.05, 0) is 24.3 Å². The Hall–Kier alpha value is -3.46. The highest BCUT2D eigenvalue weighted by molar-refractivity contribution is 7.26. The molecule has 0 saturated carbocycles. The molecule has 7 nitrogen and oxygen atoms in total. The molecule has 0 aliphatic carbocycles. The third-order valence-corrected chi connectivity index (χ3v) is 5.78. The van der Waals surface area contributed by atoms with Crippen LogP contribution in [-0.4, -0.2) is 36.7 Å². The maximum Gasteiger partial charge on any atom is 0.262 e. The molecule has 0 bridgehead atoms. The number of ether oxygens (including phenoxy) is 3. The van der Waals surface area contributed by atoms with E-state index in [1.807, 2.05) is 13.0 Å². The van der Waals surface area contributed by atoms with Crippen LogP contribution in [0.4, 0.5) is 10.1 Å². The van der Waals surface area contributed by atoms with E-state index in [4.69, 9.17) is 14.2 Å². The van der Waals surface area contributed by atoms with Crippen LogP contribution in [0.3, 0.4) is 0 Å². The number of amides is 1. The molecule has 2 aromatic heterocycles. The zero-order valence-electron chi connectivity index (χ0n) is 17.2. The molecule has 0 aliphatic rings. The Balaban J connectivity index is 1.60. The fourth-order valence-electron chi connectivity index (χ4n) is 3.14. The average molecular weight is 441 g/mol. The van der Waals surface area contributed by atoms with Crippen molar-refractivity contribution in [2.24, 2.45) is 0 Å². The summed E-state index contributed by atoms with van der Waals surface area (Å²) in [6.45, 7) is 1.62. The largest absolute Gasteiger partial charge is 0.497 e. The molecule has 0 saturated heterocycles. The number of rotatable bonds is 7. The van der Waals surface area contributed by atoms with Crippen LogP contribution in [0.5, 0.6) is 17.4 Å². The van der Waals surface area contributed by atoms with Crippen molar-refractivity contribution in [2.45, 2.75) is 13.3 Å². The van der Waals surface area contributed by atoms with Gasteiger partial charge in [0.2, 0.25) is 5.88 Å². The predicted octanol–water partition coefficient (Wildman–Crippen LogP) is 4.58. The van der Waals surface area contributed by atoms with E-state index in [0.717, 1.165) is 4.70 Å². The van der Waals surface area contributed by atoms with Crippen LogP contribution >= 0.6 is 11.3 Å². The molecule has 0 atom stereocenters. The highest BCUT2D eigenvalue weighted by Crippen LogP contribution is 2.38. The highest BCUT2D eigenvalue weighted by Gasteiger charge is 2.18. The zero-order valence-corrected chi connectivity index (χ0v) is 18.0. The molecule has 160 valence electrons. The van der Waals surface area contributed by atoms with E-state index in [0.29, 0.717) is 45.0 Å². The number of halogens is 1. The molecule has 4 rings (SSSR count). The van der Waals surface area contributed by atoms with Crippen LogP contribution in [0.15, 0.2) is 36.4 Å². The maximum absolute atomic E-state index is 14.4. The van der Waals surface area contributed by atoms with Crippen LogP contribution < -0.4 is 19.5 Å². The molecule has 0 radical (unpaired) electrons. The Morgan fingerprint density at radius 3 is 2.74 bits per heavy atom. The van der Waals surface area contributed by atoms with Gasteiger partial charge in [0.1, 0.15) is 27.8 Å². The van der Waals surface area contributed by atoms with Crippen LogP contribution in [0.25, 0.3) is 20.3 Å². The SMILES string of the molecule is CCc1nc(OCC(=O)Nc2ccc(OC)cc2OC)c2sc3cccc(F)c3c2n1. The van der Waals surface area contributed by atoms with Crippen molar-refractivity contribution in [3.8, 4) is 17.4 Å². The second-order valence-corrected chi connectivity index (χ2v) is 7.65. The summed E-state index contributed by atoms with van der Waals surface area (Å²) in [6.07, 6.45) is 0.549. The number of nitrogens with zero attached hydrogens (tertiary/aromatic N) is 2. The smallest absolute Gasteiger partial charge is 0.262 e.